The predicted octanol–water partition coefficient (Wildman–Crippen LogP) is 2.63. The lowest BCUT2D eigenvalue weighted by molar-refractivity contribution is -0.757. The summed E-state index contributed by atoms with van der Waals surface area (Å²) in [7, 11) is 0. The minimum Gasteiger partial charge on any atom is -0.492 e. The van der Waals surface area contributed by atoms with E-state index < -0.39 is 22.9 Å². The second-order valence-electron chi connectivity index (χ2n) is 6.55. The second kappa shape index (κ2) is 11.0. The third-order valence-electron chi connectivity index (χ3n) is 4.51. The van der Waals surface area contributed by atoms with Crippen LogP contribution in [0.4, 0.5) is 0 Å². The topological polar surface area (TPSA) is 126 Å². The quantitative estimate of drug-likeness (QED) is 0.256. The molecule has 0 aliphatic carbocycles. The van der Waals surface area contributed by atoms with Crippen LogP contribution in [0.1, 0.15) is 39.2 Å². The van der Waals surface area contributed by atoms with Crippen LogP contribution in [0.15, 0.2) is 46.8 Å². The maximum absolute atomic E-state index is 12.7. The highest BCUT2D eigenvalue weighted by atomic mass is 17.0. The van der Waals surface area contributed by atoms with Crippen molar-refractivity contribution in [1.29, 1.82) is 0 Å². The van der Waals surface area contributed by atoms with Crippen molar-refractivity contribution in [1.82, 2.24) is 5.32 Å². The molecule has 0 unspecified atom stereocenters. The van der Waals surface area contributed by atoms with E-state index in [1.165, 1.54) is 0 Å². The number of carbonyl (C=O) groups excluding carboxylic acids is 2. The summed E-state index contributed by atoms with van der Waals surface area (Å²) in [5.41, 5.74) is 2.49. The van der Waals surface area contributed by atoms with Crippen LogP contribution in [0, 0.1) is 10.1 Å². The predicted molar refractivity (Wildman–Crippen MR) is 109 cm³/mol. The Bertz CT molecular complexity index is 849. The highest BCUT2D eigenvalue weighted by Gasteiger charge is 2.37. The summed E-state index contributed by atoms with van der Waals surface area (Å²) >= 11 is 0. The third kappa shape index (κ3) is 5.97. The number of esters is 2. The first-order valence-electron chi connectivity index (χ1n) is 9.82. The Morgan fingerprint density at radius 2 is 1.48 bits per heavy atom. The molecular formula is C21H26N2O8. The molecule has 1 aliphatic heterocycles. The van der Waals surface area contributed by atoms with E-state index in [0.29, 0.717) is 33.9 Å². The lowest BCUT2D eigenvalue weighted by Gasteiger charge is -2.30. The average molecular weight is 434 g/mol. The second-order valence-corrected chi connectivity index (χ2v) is 6.55. The van der Waals surface area contributed by atoms with Crippen molar-refractivity contribution in [3.05, 3.63) is 62.5 Å². The molecule has 0 amide bonds. The zero-order valence-corrected chi connectivity index (χ0v) is 17.9. The highest BCUT2D eigenvalue weighted by Crippen LogP contribution is 2.39. The van der Waals surface area contributed by atoms with Crippen molar-refractivity contribution < 1.29 is 33.7 Å². The summed E-state index contributed by atoms with van der Waals surface area (Å²) in [5.74, 6) is -1.28. The molecule has 1 aromatic carbocycles. The number of dihydropyridines is 1. The van der Waals surface area contributed by atoms with Crippen molar-refractivity contribution >= 4 is 11.9 Å². The van der Waals surface area contributed by atoms with Gasteiger partial charge < -0.3 is 24.4 Å². The molecule has 0 aromatic heterocycles. The van der Waals surface area contributed by atoms with Crippen LogP contribution in [0.5, 0.6) is 5.75 Å². The van der Waals surface area contributed by atoms with Crippen LogP contribution in [0.25, 0.3) is 0 Å². The largest absolute Gasteiger partial charge is 0.492 e. The summed E-state index contributed by atoms with van der Waals surface area (Å²) < 4.78 is 15.9. The third-order valence-corrected chi connectivity index (χ3v) is 4.51. The Morgan fingerprint density at radius 3 is 1.94 bits per heavy atom. The number of rotatable bonds is 10. The monoisotopic (exact) mass is 434 g/mol. The van der Waals surface area contributed by atoms with Crippen LogP contribution in [-0.2, 0) is 23.9 Å². The number of hydrogen-bond donors (Lipinski definition) is 1. The van der Waals surface area contributed by atoms with Crippen LogP contribution in [0.2, 0.25) is 0 Å². The standard InChI is InChI=1S/C21H26N2O8/c1-5-28-20(24)17-13(3)22-14(4)18(21(25)29-6-2)19(17)15-7-9-16(10-8-15)30-11-12-31-23(26)27/h7-10,19,22H,5-6,11-12H2,1-4H3. The normalized spacial score (nSPS) is 14.1. The van der Waals surface area contributed by atoms with E-state index in [-0.39, 0.29) is 26.4 Å². The molecule has 1 N–H and O–H groups in total. The molecule has 1 aliphatic rings. The van der Waals surface area contributed by atoms with Crippen molar-refractivity contribution in [3.8, 4) is 5.75 Å². The Morgan fingerprint density at radius 1 is 0.968 bits per heavy atom. The molecule has 31 heavy (non-hydrogen) atoms. The van der Waals surface area contributed by atoms with Gasteiger partial charge >= 0.3 is 11.9 Å². The summed E-state index contributed by atoms with van der Waals surface area (Å²) in [5, 5.41) is 12.4. The van der Waals surface area contributed by atoms with Crippen molar-refractivity contribution in [2.45, 2.75) is 33.6 Å². The highest BCUT2D eigenvalue weighted by molar-refractivity contribution is 5.99. The maximum Gasteiger partial charge on any atom is 0.336 e. The van der Waals surface area contributed by atoms with Crippen molar-refractivity contribution in [3.63, 3.8) is 0 Å². The van der Waals surface area contributed by atoms with E-state index in [0.717, 1.165) is 0 Å². The number of nitrogens with zero attached hydrogens (tertiary/aromatic N) is 1. The smallest absolute Gasteiger partial charge is 0.336 e. The van der Waals surface area contributed by atoms with Gasteiger partial charge in [-0.15, -0.1) is 10.1 Å². The number of nitrogens with one attached hydrogen (secondary N) is 1. The zero-order chi connectivity index (χ0) is 23.0. The molecule has 0 fully saturated rings. The Labute approximate surface area is 179 Å². The van der Waals surface area contributed by atoms with E-state index in [9.17, 15) is 19.7 Å². The first-order valence-corrected chi connectivity index (χ1v) is 9.82. The SMILES string of the molecule is CCOC(=O)C1=C(C)NC(C)=C(C(=O)OCC)C1c1ccc(OCCO[N+](=O)[O-])cc1. The number of benzene rings is 1. The Balaban J connectivity index is 2.37. The molecule has 10 heteroatoms. The zero-order valence-electron chi connectivity index (χ0n) is 17.9. The molecule has 0 radical (unpaired) electrons. The van der Waals surface area contributed by atoms with Gasteiger partial charge in [0.15, 0.2) is 0 Å². The van der Waals surface area contributed by atoms with E-state index in [1.54, 1.807) is 52.0 Å². The maximum atomic E-state index is 12.7. The van der Waals surface area contributed by atoms with Gasteiger partial charge in [-0.3, -0.25) is 0 Å². The van der Waals surface area contributed by atoms with Crippen LogP contribution < -0.4 is 10.1 Å². The molecule has 0 saturated carbocycles. The first-order chi connectivity index (χ1) is 14.8. The van der Waals surface area contributed by atoms with E-state index >= 15 is 0 Å². The number of carbonyl (C=O) groups is 2. The minimum absolute atomic E-state index is 0.00610. The molecule has 0 saturated heterocycles. The summed E-state index contributed by atoms with van der Waals surface area (Å²) in [4.78, 5) is 39.9. The molecule has 1 heterocycles. The Kier molecular flexibility index (Phi) is 8.42. The molecule has 10 nitrogen and oxygen atoms in total. The van der Waals surface area contributed by atoms with Crippen molar-refractivity contribution in [2.75, 3.05) is 26.4 Å². The number of hydrogen-bond acceptors (Lipinski definition) is 9. The number of allylic oxidation sites excluding steroid dienone is 2. The van der Waals surface area contributed by atoms with Gasteiger partial charge in [-0.2, -0.15) is 0 Å². The van der Waals surface area contributed by atoms with Gasteiger partial charge in [0.2, 0.25) is 0 Å². The first kappa shape index (κ1) is 23.7. The lowest BCUT2D eigenvalue weighted by Crippen LogP contribution is -2.32. The van der Waals surface area contributed by atoms with Gasteiger partial charge in [0.05, 0.1) is 30.3 Å². The summed E-state index contributed by atoms with van der Waals surface area (Å²) in [6.07, 6.45) is 0. The fourth-order valence-electron chi connectivity index (χ4n) is 3.31. The lowest BCUT2D eigenvalue weighted by atomic mass is 9.80. The molecule has 168 valence electrons. The fraction of sp³-hybridized carbons (Fsp3) is 0.429. The van der Waals surface area contributed by atoms with Gasteiger partial charge in [-0.25, -0.2) is 9.59 Å². The molecule has 0 spiro atoms. The van der Waals surface area contributed by atoms with Crippen LogP contribution in [-0.4, -0.2) is 43.5 Å². The van der Waals surface area contributed by atoms with Gasteiger partial charge in [0.1, 0.15) is 19.0 Å². The molecule has 2 rings (SSSR count). The molecule has 1 aromatic rings. The van der Waals surface area contributed by atoms with Gasteiger partial charge in [0, 0.05) is 11.4 Å². The van der Waals surface area contributed by atoms with Crippen molar-refractivity contribution in [2.24, 2.45) is 0 Å². The molecular weight excluding hydrogens is 408 g/mol. The molecule has 0 bridgehead atoms. The molecule has 0 atom stereocenters. The fourth-order valence-corrected chi connectivity index (χ4v) is 3.31. The minimum atomic E-state index is -0.888. The van der Waals surface area contributed by atoms with E-state index in [1.807, 2.05) is 0 Å². The number of ether oxygens (including phenoxy) is 3. The summed E-state index contributed by atoms with van der Waals surface area (Å²) in [6.45, 7) is 7.09. The van der Waals surface area contributed by atoms with E-state index in [4.69, 9.17) is 14.2 Å². The van der Waals surface area contributed by atoms with E-state index in [2.05, 4.69) is 10.2 Å². The van der Waals surface area contributed by atoms with Gasteiger partial charge in [-0.1, -0.05) is 12.1 Å². The Hall–Kier alpha value is -3.56. The summed E-state index contributed by atoms with van der Waals surface area (Å²) in [6, 6.07) is 6.75. The van der Waals surface area contributed by atoms with Crippen LogP contribution >= 0.6 is 0 Å². The average Bonchev–Trinajstić information content (AvgIpc) is 2.71. The van der Waals surface area contributed by atoms with Crippen LogP contribution in [0.3, 0.4) is 0 Å². The van der Waals surface area contributed by atoms with Gasteiger partial charge in [0.25, 0.3) is 5.09 Å². The van der Waals surface area contributed by atoms with Gasteiger partial charge in [-0.05, 0) is 45.4 Å².